The molecule has 7 heteroatoms. The number of carbonyl (C=O) groups is 2. The number of benzene rings is 1. The summed E-state index contributed by atoms with van der Waals surface area (Å²) in [6.45, 7) is 2.21. The zero-order valence-corrected chi connectivity index (χ0v) is 12.7. The summed E-state index contributed by atoms with van der Waals surface area (Å²) in [5.74, 6) is -1.21. The summed E-state index contributed by atoms with van der Waals surface area (Å²) in [7, 11) is 0. The lowest BCUT2D eigenvalue weighted by molar-refractivity contribution is -0.153. The van der Waals surface area contributed by atoms with Gasteiger partial charge in [-0.3, -0.25) is 9.59 Å². The van der Waals surface area contributed by atoms with Gasteiger partial charge in [0.25, 0.3) is 0 Å². The Balaban J connectivity index is 2.03. The summed E-state index contributed by atoms with van der Waals surface area (Å²) in [5, 5.41) is 9.25. The van der Waals surface area contributed by atoms with Gasteiger partial charge in [-0.15, -0.1) is 0 Å². The summed E-state index contributed by atoms with van der Waals surface area (Å²) in [6.07, 6.45) is -3.33. The number of hydrogen-bond acceptors (Lipinski definition) is 2. The zero-order chi connectivity index (χ0) is 17.3. The molecule has 4 nitrogen and oxygen atoms in total. The van der Waals surface area contributed by atoms with E-state index in [1.807, 2.05) is 0 Å². The summed E-state index contributed by atoms with van der Waals surface area (Å²) in [4.78, 5) is 25.0. The molecule has 1 fully saturated rings. The molecular weight excluding hydrogens is 311 g/mol. The Morgan fingerprint density at radius 3 is 2.39 bits per heavy atom. The Morgan fingerprint density at radius 1 is 1.26 bits per heavy atom. The molecule has 0 saturated carbocycles. The number of halogens is 3. The fraction of sp³-hybridized carbons (Fsp3) is 0.500. The number of nitrogens with zero attached hydrogens (tertiary/aromatic N) is 1. The van der Waals surface area contributed by atoms with E-state index in [1.54, 1.807) is 6.92 Å². The van der Waals surface area contributed by atoms with Crippen LogP contribution in [0.1, 0.15) is 30.9 Å². The van der Waals surface area contributed by atoms with Crippen LogP contribution in [0.25, 0.3) is 0 Å². The standard InChI is InChI=1S/C16H18F3NO3/c1-15(14(22)23)7-2-8-20(10-15)13(21)9-11-3-5-12(6-4-11)16(17,18)19/h3-6H,2,7-10H2,1H3,(H,22,23). The minimum Gasteiger partial charge on any atom is -0.481 e. The van der Waals surface area contributed by atoms with Gasteiger partial charge in [-0.05, 0) is 37.5 Å². The average molecular weight is 329 g/mol. The average Bonchev–Trinajstić information content (AvgIpc) is 2.46. The topological polar surface area (TPSA) is 57.6 Å². The molecule has 1 atom stereocenters. The zero-order valence-electron chi connectivity index (χ0n) is 12.7. The minimum atomic E-state index is -4.40. The van der Waals surface area contributed by atoms with Crippen LogP contribution in [0.3, 0.4) is 0 Å². The number of carboxylic acid groups (broad SMARTS) is 1. The monoisotopic (exact) mass is 329 g/mol. The van der Waals surface area contributed by atoms with Crippen LogP contribution in [0.15, 0.2) is 24.3 Å². The smallest absolute Gasteiger partial charge is 0.416 e. The normalized spacial score (nSPS) is 22.0. The molecule has 1 unspecified atom stereocenters. The third-order valence-corrected chi connectivity index (χ3v) is 4.20. The number of aliphatic carboxylic acids is 1. The molecule has 1 heterocycles. The van der Waals surface area contributed by atoms with Crippen molar-refractivity contribution in [2.45, 2.75) is 32.4 Å². The molecule has 2 rings (SSSR count). The summed E-state index contributed by atoms with van der Waals surface area (Å²) in [6, 6.07) is 4.45. The van der Waals surface area contributed by atoms with Crippen LogP contribution in [0.2, 0.25) is 0 Å². The van der Waals surface area contributed by atoms with Crippen molar-refractivity contribution in [3.63, 3.8) is 0 Å². The molecule has 0 aromatic heterocycles. The van der Waals surface area contributed by atoms with E-state index in [0.29, 0.717) is 24.9 Å². The SMILES string of the molecule is CC1(C(=O)O)CCCN(C(=O)Cc2ccc(C(F)(F)F)cc2)C1. The lowest BCUT2D eigenvalue weighted by Crippen LogP contribution is -2.48. The summed E-state index contributed by atoms with van der Waals surface area (Å²) >= 11 is 0. The highest BCUT2D eigenvalue weighted by Crippen LogP contribution is 2.31. The van der Waals surface area contributed by atoms with Gasteiger partial charge in [0.2, 0.25) is 5.91 Å². The molecule has 1 aromatic carbocycles. The number of alkyl halides is 3. The predicted octanol–water partition coefficient (Wildman–Crippen LogP) is 2.96. The maximum absolute atomic E-state index is 12.5. The Morgan fingerprint density at radius 2 is 1.87 bits per heavy atom. The van der Waals surface area contributed by atoms with Crippen molar-refractivity contribution in [1.29, 1.82) is 0 Å². The molecule has 1 saturated heterocycles. The molecule has 1 aliphatic heterocycles. The largest absolute Gasteiger partial charge is 0.481 e. The second-order valence-corrected chi connectivity index (χ2v) is 6.16. The van der Waals surface area contributed by atoms with Crippen molar-refractivity contribution >= 4 is 11.9 Å². The maximum Gasteiger partial charge on any atom is 0.416 e. The molecule has 0 spiro atoms. The number of carboxylic acids is 1. The number of carbonyl (C=O) groups excluding carboxylic acids is 1. The second kappa shape index (κ2) is 6.22. The van der Waals surface area contributed by atoms with E-state index in [0.717, 1.165) is 12.1 Å². The van der Waals surface area contributed by atoms with E-state index in [9.17, 15) is 27.9 Å². The highest BCUT2D eigenvalue weighted by Gasteiger charge is 2.39. The van der Waals surface area contributed by atoms with E-state index < -0.39 is 23.1 Å². The molecule has 1 amide bonds. The van der Waals surface area contributed by atoms with E-state index >= 15 is 0 Å². The van der Waals surface area contributed by atoms with E-state index in [-0.39, 0.29) is 18.9 Å². The van der Waals surface area contributed by atoms with Crippen molar-refractivity contribution in [2.24, 2.45) is 5.41 Å². The first-order valence-corrected chi connectivity index (χ1v) is 7.29. The van der Waals surface area contributed by atoms with Crippen LogP contribution >= 0.6 is 0 Å². The number of amides is 1. The van der Waals surface area contributed by atoms with Crippen molar-refractivity contribution in [1.82, 2.24) is 4.90 Å². The van der Waals surface area contributed by atoms with Crippen molar-refractivity contribution in [3.8, 4) is 0 Å². The number of hydrogen-bond donors (Lipinski definition) is 1. The van der Waals surface area contributed by atoms with Crippen molar-refractivity contribution < 1.29 is 27.9 Å². The number of rotatable bonds is 3. The van der Waals surface area contributed by atoms with Crippen molar-refractivity contribution in [2.75, 3.05) is 13.1 Å². The lowest BCUT2D eigenvalue weighted by atomic mass is 9.82. The van der Waals surface area contributed by atoms with Gasteiger partial charge < -0.3 is 10.0 Å². The molecular formula is C16H18F3NO3. The van der Waals surface area contributed by atoms with E-state index in [4.69, 9.17) is 0 Å². The van der Waals surface area contributed by atoms with E-state index in [2.05, 4.69) is 0 Å². The van der Waals surface area contributed by atoms with Gasteiger partial charge in [-0.2, -0.15) is 13.2 Å². The fourth-order valence-electron chi connectivity index (χ4n) is 2.72. The van der Waals surface area contributed by atoms with Crippen LogP contribution < -0.4 is 0 Å². The first kappa shape index (κ1) is 17.3. The molecule has 0 radical (unpaired) electrons. The maximum atomic E-state index is 12.5. The second-order valence-electron chi connectivity index (χ2n) is 6.16. The first-order valence-electron chi connectivity index (χ1n) is 7.29. The fourth-order valence-corrected chi connectivity index (χ4v) is 2.72. The minimum absolute atomic E-state index is 0.0339. The third kappa shape index (κ3) is 4.03. The van der Waals surface area contributed by atoms with Crippen LogP contribution in [-0.2, 0) is 22.2 Å². The molecule has 126 valence electrons. The van der Waals surface area contributed by atoms with Crippen LogP contribution in [-0.4, -0.2) is 35.0 Å². The molecule has 1 aromatic rings. The van der Waals surface area contributed by atoms with E-state index in [1.165, 1.54) is 17.0 Å². The Hall–Kier alpha value is -2.05. The van der Waals surface area contributed by atoms with Gasteiger partial charge in [0.1, 0.15) is 0 Å². The number of likely N-dealkylation sites (tertiary alicyclic amines) is 1. The molecule has 1 aliphatic rings. The highest BCUT2D eigenvalue weighted by molar-refractivity contribution is 5.81. The molecule has 1 N–H and O–H groups in total. The summed E-state index contributed by atoms with van der Waals surface area (Å²) < 4.78 is 37.5. The highest BCUT2D eigenvalue weighted by atomic mass is 19.4. The summed E-state index contributed by atoms with van der Waals surface area (Å²) in [5.41, 5.74) is -1.25. The van der Waals surface area contributed by atoms with Gasteiger partial charge in [0, 0.05) is 13.1 Å². The predicted molar refractivity (Wildman–Crippen MR) is 76.7 cm³/mol. The third-order valence-electron chi connectivity index (χ3n) is 4.20. The van der Waals surface area contributed by atoms with Gasteiger partial charge in [-0.25, -0.2) is 0 Å². The van der Waals surface area contributed by atoms with Crippen LogP contribution in [0.4, 0.5) is 13.2 Å². The van der Waals surface area contributed by atoms with Gasteiger partial charge in [0.15, 0.2) is 0 Å². The quantitative estimate of drug-likeness (QED) is 0.927. The Bertz CT molecular complexity index is 598. The molecule has 0 bridgehead atoms. The Kier molecular flexibility index (Phi) is 4.68. The van der Waals surface area contributed by atoms with Gasteiger partial charge in [0.05, 0.1) is 17.4 Å². The van der Waals surface area contributed by atoms with Crippen LogP contribution in [0, 0.1) is 5.41 Å². The Labute approximate surface area is 131 Å². The van der Waals surface area contributed by atoms with Gasteiger partial charge >= 0.3 is 12.1 Å². The first-order chi connectivity index (χ1) is 10.6. The van der Waals surface area contributed by atoms with Crippen molar-refractivity contribution in [3.05, 3.63) is 35.4 Å². The van der Waals surface area contributed by atoms with Gasteiger partial charge in [-0.1, -0.05) is 12.1 Å². The molecule has 0 aliphatic carbocycles. The lowest BCUT2D eigenvalue weighted by Gasteiger charge is -2.37. The molecule has 23 heavy (non-hydrogen) atoms. The van der Waals surface area contributed by atoms with Crippen LogP contribution in [0.5, 0.6) is 0 Å². The number of piperidine rings is 1.